The normalized spacial score (nSPS) is 11.5. The van der Waals surface area contributed by atoms with Gasteiger partial charge in [-0.3, -0.25) is 24.3 Å². The smallest absolute Gasteiger partial charge is 0.308 e. The third-order valence-corrected chi connectivity index (χ3v) is 4.30. The van der Waals surface area contributed by atoms with Crippen molar-refractivity contribution in [3.05, 3.63) is 68.6 Å². The molecule has 0 saturated carbocycles. The van der Waals surface area contributed by atoms with E-state index in [4.69, 9.17) is 11.6 Å². The van der Waals surface area contributed by atoms with Crippen LogP contribution in [0.5, 0.6) is 0 Å². The van der Waals surface area contributed by atoms with Gasteiger partial charge in [-0.1, -0.05) is 23.7 Å². The van der Waals surface area contributed by atoms with Crippen LogP contribution < -0.4 is 5.32 Å². The predicted molar refractivity (Wildman–Crippen MR) is 100 cm³/mol. The molecular formula is C17H14ClF3N6O3. The maximum absolute atomic E-state index is 13.0. The van der Waals surface area contributed by atoms with Crippen molar-refractivity contribution in [1.29, 1.82) is 0 Å². The summed E-state index contributed by atoms with van der Waals surface area (Å²) in [6.07, 6.45) is -3.42. The molecule has 0 aliphatic heterocycles. The number of hydrogen-bond acceptors (Lipinski definition) is 5. The Labute approximate surface area is 172 Å². The first-order valence-electron chi connectivity index (χ1n) is 8.41. The van der Waals surface area contributed by atoms with E-state index in [0.29, 0.717) is 16.2 Å². The molecule has 0 fully saturated rings. The topological polar surface area (TPSA) is 108 Å². The minimum absolute atomic E-state index is 0.164. The van der Waals surface area contributed by atoms with Gasteiger partial charge in [0.05, 0.1) is 11.5 Å². The molecule has 13 heteroatoms. The minimum Gasteiger partial charge on any atom is -0.308 e. The van der Waals surface area contributed by atoms with Gasteiger partial charge >= 0.3 is 11.9 Å². The number of hydrogen-bond donors (Lipinski definition) is 1. The van der Waals surface area contributed by atoms with Crippen LogP contribution in [0, 0.1) is 17.0 Å². The van der Waals surface area contributed by atoms with E-state index in [1.54, 1.807) is 24.4 Å². The molecule has 1 aromatic carbocycles. The average Bonchev–Trinajstić information content (AvgIpc) is 3.19. The van der Waals surface area contributed by atoms with Crippen LogP contribution in [0.3, 0.4) is 0 Å². The standard InChI is InChI=1S/C17H14ClF3N6O3/c1-10-15(27(29)30)16(17(19,20)21)24-26(10)9-14(28)22-13-5-6-25(23-13)8-11-3-2-4-12(18)7-11/h2-7H,8-9H2,1H3,(H,22,23,28). The number of nitro groups is 1. The Bertz CT molecular complexity index is 1110. The second-order valence-electron chi connectivity index (χ2n) is 6.27. The van der Waals surface area contributed by atoms with E-state index < -0.39 is 34.9 Å². The Morgan fingerprint density at radius 2 is 2.03 bits per heavy atom. The largest absolute Gasteiger partial charge is 0.442 e. The molecule has 0 aliphatic carbocycles. The summed E-state index contributed by atoms with van der Waals surface area (Å²) in [6, 6.07) is 8.61. The Balaban J connectivity index is 1.71. The third-order valence-electron chi connectivity index (χ3n) is 4.06. The van der Waals surface area contributed by atoms with E-state index in [2.05, 4.69) is 15.5 Å². The number of nitrogens with zero attached hydrogens (tertiary/aromatic N) is 5. The molecule has 2 aromatic heterocycles. The molecule has 0 saturated heterocycles. The lowest BCUT2D eigenvalue weighted by Crippen LogP contribution is -2.21. The van der Waals surface area contributed by atoms with Gasteiger partial charge in [-0.2, -0.15) is 23.4 Å². The molecule has 158 valence electrons. The van der Waals surface area contributed by atoms with Crippen LogP contribution >= 0.6 is 11.6 Å². The van der Waals surface area contributed by atoms with Gasteiger partial charge in [-0.05, 0) is 24.6 Å². The summed E-state index contributed by atoms with van der Waals surface area (Å²) >= 11 is 5.93. The van der Waals surface area contributed by atoms with E-state index in [9.17, 15) is 28.1 Å². The van der Waals surface area contributed by atoms with Crippen LogP contribution in [-0.4, -0.2) is 30.4 Å². The van der Waals surface area contributed by atoms with Gasteiger partial charge in [0.25, 0.3) is 0 Å². The fourth-order valence-electron chi connectivity index (χ4n) is 2.76. The van der Waals surface area contributed by atoms with Crippen molar-refractivity contribution in [2.24, 2.45) is 0 Å². The van der Waals surface area contributed by atoms with Crippen LogP contribution in [-0.2, 0) is 24.1 Å². The highest BCUT2D eigenvalue weighted by molar-refractivity contribution is 6.30. The minimum atomic E-state index is -5.02. The van der Waals surface area contributed by atoms with E-state index in [1.807, 2.05) is 6.07 Å². The molecule has 0 spiro atoms. The van der Waals surface area contributed by atoms with Gasteiger partial charge in [-0.15, -0.1) is 0 Å². The molecule has 3 aromatic rings. The molecule has 3 rings (SSSR count). The first-order chi connectivity index (χ1) is 14.0. The van der Waals surface area contributed by atoms with Crippen molar-refractivity contribution in [2.75, 3.05) is 5.32 Å². The Morgan fingerprint density at radius 3 is 2.63 bits per heavy atom. The number of anilines is 1. The van der Waals surface area contributed by atoms with Crippen molar-refractivity contribution >= 4 is 29.0 Å². The maximum atomic E-state index is 13.0. The van der Waals surface area contributed by atoms with Gasteiger partial charge in [0.15, 0.2) is 5.82 Å². The van der Waals surface area contributed by atoms with Gasteiger partial charge in [-0.25, -0.2) is 0 Å². The second-order valence-corrected chi connectivity index (χ2v) is 6.71. The lowest BCUT2D eigenvalue weighted by molar-refractivity contribution is -0.388. The van der Waals surface area contributed by atoms with Crippen molar-refractivity contribution in [1.82, 2.24) is 19.6 Å². The summed E-state index contributed by atoms with van der Waals surface area (Å²) in [7, 11) is 0. The van der Waals surface area contributed by atoms with Crippen LogP contribution in [0.25, 0.3) is 0 Å². The first-order valence-corrected chi connectivity index (χ1v) is 8.79. The van der Waals surface area contributed by atoms with Crippen molar-refractivity contribution in [2.45, 2.75) is 26.2 Å². The Hall–Kier alpha value is -3.41. The molecule has 30 heavy (non-hydrogen) atoms. The highest BCUT2D eigenvalue weighted by Crippen LogP contribution is 2.36. The van der Waals surface area contributed by atoms with Gasteiger partial charge < -0.3 is 5.32 Å². The quantitative estimate of drug-likeness (QED) is 0.463. The number of benzene rings is 1. The number of amides is 1. The van der Waals surface area contributed by atoms with Crippen molar-refractivity contribution < 1.29 is 22.9 Å². The maximum Gasteiger partial charge on any atom is 0.442 e. The number of halogens is 4. The summed E-state index contributed by atoms with van der Waals surface area (Å²) in [4.78, 5) is 22.0. The molecule has 0 atom stereocenters. The number of aromatic nitrogens is 4. The number of alkyl halides is 3. The number of carbonyl (C=O) groups is 1. The fourth-order valence-corrected chi connectivity index (χ4v) is 2.97. The van der Waals surface area contributed by atoms with Gasteiger partial charge in [0.1, 0.15) is 12.2 Å². The summed E-state index contributed by atoms with van der Waals surface area (Å²) in [5.41, 5.74) is -2.33. The average molecular weight is 443 g/mol. The molecule has 0 unspecified atom stereocenters. The highest BCUT2D eigenvalue weighted by atomic mass is 35.5. The van der Waals surface area contributed by atoms with E-state index in [-0.39, 0.29) is 11.5 Å². The molecular weight excluding hydrogens is 429 g/mol. The number of nitrogens with one attached hydrogen (secondary N) is 1. The molecule has 1 N–H and O–H groups in total. The molecule has 0 bridgehead atoms. The zero-order chi connectivity index (χ0) is 22.1. The lowest BCUT2D eigenvalue weighted by Gasteiger charge is -2.05. The van der Waals surface area contributed by atoms with Gasteiger partial charge in [0.2, 0.25) is 11.6 Å². The Kier molecular flexibility index (Phi) is 5.78. The molecule has 9 nitrogen and oxygen atoms in total. The van der Waals surface area contributed by atoms with E-state index in [0.717, 1.165) is 12.5 Å². The summed E-state index contributed by atoms with van der Waals surface area (Å²) in [6.45, 7) is 0.826. The van der Waals surface area contributed by atoms with Crippen LogP contribution in [0.15, 0.2) is 36.5 Å². The van der Waals surface area contributed by atoms with E-state index in [1.165, 1.54) is 10.7 Å². The second kappa shape index (κ2) is 8.14. The monoisotopic (exact) mass is 442 g/mol. The summed E-state index contributed by atoms with van der Waals surface area (Å²) in [5.74, 6) is -0.574. The molecule has 2 heterocycles. The summed E-state index contributed by atoms with van der Waals surface area (Å²) in [5, 5.41) is 21.3. The lowest BCUT2D eigenvalue weighted by atomic mass is 10.2. The zero-order valence-electron chi connectivity index (χ0n) is 15.4. The van der Waals surface area contributed by atoms with E-state index >= 15 is 0 Å². The number of carbonyl (C=O) groups excluding carboxylic acids is 1. The number of rotatable bonds is 6. The van der Waals surface area contributed by atoms with Gasteiger partial charge in [0, 0.05) is 17.3 Å². The Morgan fingerprint density at radius 1 is 1.30 bits per heavy atom. The van der Waals surface area contributed by atoms with Crippen molar-refractivity contribution in [3.8, 4) is 0 Å². The van der Waals surface area contributed by atoms with Crippen LogP contribution in [0.4, 0.5) is 24.7 Å². The molecule has 0 aliphatic rings. The molecule has 1 amide bonds. The zero-order valence-corrected chi connectivity index (χ0v) is 16.1. The fraction of sp³-hybridized carbons (Fsp3) is 0.235. The predicted octanol–water partition coefficient (Wildman–Crippen LogP) is 3.66. The first kappa shape index (κ1) is 21.3. The SMILES string of the molecule is Cc1c([N+](=O)[O-])c(C(F)(F)F)nn1CC(=O)Nc1ccn(Cc2cccc(Cl)c2)n1. The van der Waals surface area contributed by atoms with Crippen LogP contribution in [0.1, 0.15) is 17.0 Å². The third kappa shape index (κ3) is 4.76. The van der Waals surface area contributed by atoms with Crippen molar-refractivity contribution in [3.63, 3.8) is 0 Å². The highest BCUT2D eigenvalue weighted by Gasteiger charge is 2.44. The van der Waals surface area contributed by atoms with Crippen LogP contribution in [0.2, 0.25) is 5.02 Å². The summed E-state index contributed by atoms with van der Waals surface area (Å²) < 4.78 is 41.1. The molecule has 0 radical (unpaired) electrons.